The van der Waals surface area contributed by atoms with Gasteiger partial charge in [0, 0.05) is 27.2 Å². The summed E-state index contributed by atoms with van der Waals surface area (Å²) >= 11 is 7.56. The Balaban J connectivity index is 2.41. The average molecular weight is 239 g/mol. The van der Waals surface area contributed by atoms with E-state index in [-0.39, 0.29) is 11.0 Å². The van der Waals surface area contributed by atoms with Gasteiger partial charge in [-0.15, -0.1) is 11.8 Å². The summed E-state index contributed by atoms with van der Waals surface area (Å²) in [6, 6.07) is 5.48. The molecular weight excluding hydrogens is 228 g/mol. The molecule has 2 rings (SSSR count). The van der Waals surface area contributed by atoms with E-state index in [1.54, 1.807) is 17.8 Å². The normalized spacial score (nSPS) is 19.9. The Bertz CT molecular complexity index is 439. The van der Waals surface area contributed by atoms with E-state index in [0.29, 0.717) is 11.4 Å². The summed E-state index contributed by atoms with van der Waals surface area (Å²) in [6.07, 6.45) is 0.535. The molecule has 1 aromatic rings. The molecule has 1 atom stereocenters. The van der Waals surface area contributed by atoms with Crippen molar-refractivity contribution in [1.82, 2.24) is 0 Å². The van der Waals surface area contributed by atoms with Gasteiger partial charge in [0.25, 0.3) is 0 Å². The molecule has 0 N–H and O–H groups in total. The van der Waals surface area contributed by atoms with E-state index in [0.717, 1.165) is 16.0 Å². The molecule has 1 aliphatic rings. The number of thioether (sulfide) groups is 1. The van der Waals surface area contributed by atoms with Gasteiger partial charge in [-0.25, -0.2) is 0 Å². The summed E-state index contributed by atoms with van der Waals surface area (Å²) in [4.78, 5) is 12.9. The second kappa shape index (κ2) is 4.03. The third kappa shape index (κ3) is 2.11. The predicted octanol–water partition coefficient (Wildman–Crippen LogP) is 3.96. The maximum absolute atomic E-state index is 11.8. The Morgan fingerprint density at radius 3 is 3.00 bits per heavy atom. The van der Waals surface area contributed by atoms with Crippen molar-refractivity contribution in [3.05, 3.63) is 40.9 Å². The van der Waals surface area contributed by atoms with Crippen LogP contribution in [0.25, 0.3) is 0 Å². The third-order valence-corrected chi connectivity index (χ3v) is 4.13. The molecule has 1 unspecified atom stereocenters. The van der Waals surface area contributed by atoms with Crippen LogP contribution in [0.5, 0.6) is 0 Å². The Morgan fingerprint density at radius 1 is 1.60 bits per heavy atom. The number of hydrogen-bond acceptors (Lipinski definition) is 2. The van der Waals surface area contributed by atoms with Crippen LogP contribution in [0, 0.1) is 0 Å². The van der Waals surface area contributed by atoms with E-state index < -0.39 is 0 Å². The molecule has 1 aliphatic heterocycles. The number of carbonyl (C=O) groups is 1. The molecule has 3 heteroatoms. The van der Waals surface area contributed by atoms with Crippen molar-refractivity contribution in [2.75, 3.05) is 0 Å². The lowest BCUT2D eigenvalue weighted by atomic mass is 10.0. The minimum Gasteiger partial charge on any atom is -0.294 e. The van der Waals surface area contributed by atoms with Crippen LogP contribution in [-0.4, -0.2) is 11.0 Å². The van der Waals surface area contributed by atoms with E-state index in [9.17, 15) is 4.79 Å². The topological polar surface area (TPSA) is 17.1 Å². The molecule has 0 bridgehead atoms. The van der Waals surface area contributed by atoms with Gasteiger partial charge in [0.15, 0.2) is 5.78 Å². The number of halogens is 1. The zero-order valence-electron chi connectivity index (χ0n) is 8.42. The summed E-state index contributed by atoms with van der Waals surface area (Å²) in [5.74, 6) is 0.166. The molecule has 0 spiro atoms. The number of hydrogen-bond donors (Lipinski definition) is 0. The minimum absolute atomic E-state index is 0.166. The van der Waals surface area contributed by atoms with Crippen LogP contribution in [0.1, 0.15) is 23.7 Å². The van der Waals surface area contributed by atoms with Gasteiger partial charge in [-0.2, -0.15) is 0 Å². The molecule has 0 amide bonds. The fourth-order valence-corrected chi connectivity index (χ4v) is 2.93. The zero-order chi connectivity index (χ0) is 11.0. The van der Waals surface area contributed by atoms with Crippen LogP contribution in [-0.2, 0) is 0 Å². The summed E-state index contributed by atoms with van der Waals surface area (Å²) in [7, 11) is 0. The monoisotopic (exact) mass is 238 g/mol. The second-order valence-electron chi connectivity index (χ2n) is 3.72. The lowest BCUT2D eigenvalue weighted by Crippen LogP contribution is -2.17. The van der Waals surface area contributed by atoms with Gasteiger partial charge in [-0.1, -0.05) is 23.8 Å². The maximum atomic E-state index is 11.8. The van der Waals surface area contributed by atoms with Crippen molar-refractivity contribution in [2.45, 2.75) is 23.5 Å². The Labute approximate surface area is 98.5 Å². The second-order valence-corrected chi connectivity index (χ2v) is 5.40. The summed E-state index contributed by atoms with van der Waals surface area (Å²) in [5.41, 5.74) is 1.80. The summed E-state index contributed by atoms with van der Waals surface area (Å²) < 4.78 is 0. The number of ketones is 1. The molecule has 1 aromatic carbocycles. The molecule has 0 saturated carbocycles. The highest BCUT2D eigenvalue weighted by atomic mass is 35.5. The zero-order valence-corrected chi connectivity index (χ0v) is 9.99. The molecule has 1 heterocycles. The number of carbonyl (C=O) groups excluding carboxylic acids is 1. The largest absolute Gasteiger partial charge is 0.294 e. The van der Waals surface area contributed by atoms with Crippen molar-refractivity contribution in [2.24, 2.45) is 0 Å². The first kappa shape index (κ1) is 10.8. The first-order chi connectivity index (χ1) is 7.08. The standard InChI is InChI=1S/C12H11ClOS/c1-7(2)12-6-10(14)9-5-8(13)3-4-11(9)15-12/h3-5,12H,1,6H2,2H3. The molecular formula is C12H11ClOS. The summed E-state index contributed by atoms with van der Waals surface area (Å²) in [6.45, 7) is 5.87. The van der Waals surface area contributed by atoms with E-state index in [4.69, 9.17) is 11.6 Å². The Morgan fingerprint density at radius 2 is 2.33 bits per heavy atom. The van der Waals surface area contributed by atoms with Gasteiger partial charge in [0.05, 0.1) is 0 Å². The highest BCUT2D eigenvalue weighted by molar-refractivity contribution is 8.00. The lowest BCUT2D eigenvalue weighted by molar-refractivity contribution is 0.0979. The molecule has 0 fully saturated rings. The van der Waals surface area contributed by atoms with E-state index in [1.165, 1.54) is 0 Å². The fraction of sp³-hybridized carbons (Fsp3) is 0.250. The van der Waals surface area contributed by atoms with Gasteiger partial charge in [-0.05, 0) is 25.1 Å². The fourth-order valence-electron chi connectivity index (χ4n) is 1.57. The van der Waals surface area contributed by atoms with Crippen molar-refractivity contribution < 1.29 is 4.79 Å². The first-order valence-corrected chi connectivity index (χ1v) is 5.98. The predicted molar refractivity (Wildman–Crippen MR) is 64.9 cm³/mol. The summed E-state index contributed by atoms with van der Waals surface area (Å²) in [5, 5.41) is 0.836. The molecule has 0 aliphatic carbocycles. The molecule has 1 nitrogen and oxygen atoms in total. The quantitative estimate of drug-likeness (QED) is 0.689. The van der Waals surface area contributed by atoms with Crippen LogP contribution < -0.4 is 0 Å². The Hall–Kier alpha value is -0.730. The molecule has 0 radical (unpaired) electrons. The van der Waals surface area contributed by atoms with Crippen molar-refractivity contribution >= 4 is 29.1 Å². The first-order valence-electron chi connectivity index (χ1n) is 4.72. The molecule has 15 heavy (non-hydrogen) atoms. The van der Waals surface area contributed by atoms with E-state index in [2.05, 4.69) is 6.58 Å². The lowest BCUT2D eigenvalue weighted by Gasteiger charge is -2.23. The highest BCUT2D eigenvalue weighted by Gasteiger charge is 2.26. The number of benzene rings is 1. The van der Waals surface area contributed by atoms with E-state index >= 15 is 0 Å². The molecule has 78 valence electrons. The van der Waals surface area contributed by atoms with Crippen LogP contribution in [0.3, 0.4) is 0 Å². The molecule has 0 aromatic heterocycles. The molecule has 0 saturated heterocycles. The van der Waals surface area contributed by atoms with Crippen molar-refractivity contribution in [1.29, 1.82) is 0 Å². The van der Waals surface area contributed by atoms with Gasteiger partial charge in [-0.3, -0.25) is 4.79 Å². The van der Waals surface area contributed by atoms with Crippen LogP contribution in [0.4, 0.5) is 0 Å². The average Bonchev–Trinajstić information content (AvgIpc) is 2.18. The Kier molecular flexibility index (Phi) is 2.89. The van der Waals surface area contributed by atoms with Crippen LogP contribution in [0.15, 0.2) is 35.2 Å². The smallest absolute Gasteiger partial charge is 0.165 e. The van der Waals surface area contributed by atoms with Crippen LogP contribution in [0.2, 0.25) is 5.02 Å². The van der Waals surface area contributed by atoms with Crippen molar-refractivity contribution in [3.63, 3.8) is 0 Å². The van der Waals surface area contributed by atoms with Gasteiger partial charge in [0.2, 0.25) is 0 Å². The third-order valence-electron chi connectivity index (χ3n) is 2.43. The SMILES string of the molecule is C=C(C)C1CC(=O)c2cc(Cl)ccc2S1. The van der Waals surface area contributed by atoms with Gasteiger partial charge in [0.1, 0.15) is 0 Å². The van der Waals surface area contributed by atoms with E-state index in [1.807, 2.05) is 19.1 Å². The van der Waals surface area contributed by atoms with Gasteiger partial charge < -0.3 is 0 Å². The maximum Gasteiger partial charge on any atom is 0.165 e. The highest BCUT2D eigenvalue weighted by Crippen LogP contribution is 2.38. The minimum atomic E-state index is 0.166. The van der Waals surface area contributed by atoms with Gasteiger partial charge >= 0.3 is 0 Å². The van der Waals surface area contributed by atoms with Crippen LogP contribution >= 0.6 is 23.4 Å². The number of fused-ring (bicyclic) bond motifs is 1. The number of Topliss-reactive ketones (excluding diaryl/α,β-unsaturated/α-hetero) is 1. The number of rotatable bonds is 1. The van der Waals surface area contributed by atoms with Crippen molar-refractivity contribution in [3.8, 4) is 0 Å².